The van der Waals surface area contributed by atoms with E-state index < -0.39 is 23.8 Å². The first kappa shape index (κ1) is 23.2. The molecule has 0 unspecified atom stereocenters. The number of thiophene rings is 1. The standard InChI is InChI=1S/C21H23F3N2O4S/c1-29-9-7-25(19(27)15-4-2-5-16(12-15)21(22,23)24)13-17-14-26(8-10-30-17)20(28)18-6-3-11-31-18/h2-6,11-12,17H,7-10,13-14H2,1H3/t17-/m0/s1. The fourth-order valence-electron chi connectivity index (χ4n) is 3.30. The Morgan fingerprint density at radius 3 is 2.77 bits per heavy atom. The van der Waals surface area contributed by atoms with E-state index >= 15 is 0 Å². The number of carbonyl (C=O) groups is 2. The van der Waals surface area contributed by atoms with Crippen molar-refractivity contribution in [2.45, 2.75) is 12.3 Å². The fourth-order valence-corrected chi connectivity index (χ4v) is 4.00. The third-order valence-electron chi connectivity index (χ3n) is 4.87. The largest absolute Gasteiger partial charge is 0.416 e. The monoisotopic (exact) mass is 456 g/mol. The molecule has 0 aliphatic carbocycles. The average molecular weight is 456 g/mol. The van der Waals surface area contributed by atoms with Gasteiger partial charge in [-0.25, -0.2) is 0 Å². The molecule has 1 fully saturated rings. The first-order chi connectivity index (χ1) is 14.8. The van der Waals surface area contributed by atoms with Gasteiger partial charge < -0.3 is 19.3 Å². The Labute approximate surface area is 182 Å². The number of halogens is 3. The molecule has 31 heavy (non-hydrogen) atoms. The fraction of sp³-hybridized carbons (Fsp3) is 0.429. The van der Waals surface area contributed by atoms with E-state index in [0.29, 0.717) is 18.0 Å². The Morgan fingerprint density at radius 2 is 2.10 bits per heavy atom. The molecule has 2 amide bonds. The molecule has 1 saturated heterocycles. The summed E-state index contributed by atoms with van der Waals surface area (Å²) in [6, 6.07) is 7.88. The minimum Gasteiger partial charge on any atom is -0.383 e. The van der Waals surface area contributed by atoms with Crippen LogP contribution in [0.2, 0.25) is 0 Å². The highest BCUT2D eigenvalue weighted by Crippen LogP contribution is 2.29. The predicted molar refractivity (Wildman–Crippen MR) is 109 cm³/mol. The van der Waals surface area contributed by atoms with Crippen LogP contribution in [0.4, 0.5) is 13.2 Å². The molecule has 0 bridgehead atoms. The first-order valence-electron chi connectivity index (χ1n) is 9.69. The highest BCUT2D eigenvalue weighted by molar-refractivity contribution is 7.12. The van der Waals surface area contributed by atoms with E-state index in [1.54, 1.807) is 17.0 Å². The number of alkyl halides is 3. The van der Waals surface area contributed by atoms with Gasteiger partial charge in [0.05, 0.1) is 29.8 Å². The Hall–Kier alpha value is -2.43. The smallest absolute Gasteiger partial charge is 0.383 e. The van der Waals surface area contributed by atoms with Crippen molar-refractivity contribution in [2.24, 2.45) is 0 Å². The number of methoxy groups -OCH3 is 1. The van der Waals surface area contributed by atoms with Gasteiger partial charge in [-0.2, -0.15) is 13.2 Å². The zero-order valence-electron chi connectivity index (χ0n) is 16.9. The summed E-state index contributed by atoms with van der Waals surface area (Å²) in [4.78, 5) is 29.3. The molecule has 10 heteroatoms. The molecule has 0 radical (unpaired) electrons. The van der Waals surface area contributed by atoms with Crippen molar-refractivity contribution in [1.82, 2.24) is 9.80 Å². The van der Waals surface area contributed by atoms with Crippen LogP contribution >= 0.6 is 11.3 Å². The molecule has 1 aliphatic heterocycles. The van der Waals surface area contributed by atoms with E-state index in [4.69, 9.17) is 9.47 Å². The van der Waals surface area contributed by atoms with Crippen molar-refractivity contribution >= 4 is 23.2 Å². The topological polar surface area (TPSA) is 59.1 Å². The third kappa shape index (κ3) is 6.05. The van der Waals surface area contributed by atoms with Gasteiger partial charge in [0, 0.05) is 38.9 Å². The van der Waals surface area contributed by atoms with Crippen LogP contribution in [0.15, 0.2) is 41.8 Å². The van der Waals surface area contributed by atoms with Crippen LogP contribution < -0.4 is 0 Å². The van der Waals surface area contributed by atoms with E-state index in [0.717, 1.165) is 12.1 Å². The van der Waals surface area contributed by atoms with Gasteiger partial charge in [-0.3, -0.25) is 9.59 Å². The first-order valence-corrected chi connectivity index (χ1v) is 10.6. The van der Waals surface area contributed by atoms with Crippen LogP contribution in [-0.2, 0) is 15.7 Å². The van der Waals surface area contributed by atoms with Gasteiger partial charge in [0.2, 0.25) is 0 Å². The molecule has 168 valence electrons. The van der Waals surface area contributed by atoms with Gasteiger partial charge >= 0.3 is 6.18 Å². The molecule has 1 atom stereocenters. The molecular weight excluding hydrogens is 433 g/mol. The molecule has 0 saturated carbocycles. The van der Waals surface area contributed by atoms with E-state index in [1.807, 2.05) is 5.38 Å². The molecule has 1 aromatic heterocycles. The number of rotatable bonds is 7. The second-order valence-electron chi connectivity index (χ2n) is 7.04. The van der Waals surface area contributed by atoms with Crippen molar-refractivity contribution in [3.8, 4) is 0 Å². The van der Waals surface area contributed by atoms with Crippen molar-refractivity contribution in [3.05, 3.63) is 57.8 Å². The predicted octanol–water partition coefficient (Wildman–Crippen LogP) is 3.40. The lowest BCUT2D eigenvalue weighted by Crippen LogP contribution is -2.51. The Kier molecular flexibility index (Phi) is 7.69. The van der Waals surface area contributed by atoms with Gasteiger partial charge in [-0.1, -0.05) is 12.1 Å². The van der Waals surface area contributed by atoms with Gasteiger partial charge in [-0.15, -0.1) is 11.3 Å². The van der Waals surface area contributed by atoms with Gasteiger partial charge in [0.25, 0.3) is 11.8 Å². The van der Waals surface area contributed by atoms with Crippen molar-refractivity contribution in [3.63, 3.8) is 0 Å². The van der Waals surface area contributed by atoms with Crippen molar-refractivity contribution < 1.29 is 32.2 Å². The minimum absolute atomic E-state index is 0.0618. The Balaban J connectivity index is 1.72. The number of morpholine rings is 1. The molecule has 2 aromatic rings. The summed E-state index contributed by atoms with van der Waals surface area (Å²) >= 11 is 1.35. The molecule has 0 spiro atoms. The summed E-state index contributed by atoms with van der Waals surface area (Å²) in [7, 11) is 1.48. The molecule has 0 N–H and O–H groups in total. The normalized spacial score (nSPS) is 16.9. The van der Waals surface area contributed by atoms with Crippen LogP contribution in [0.25, 0.3) is 0 Å². The Bertz CT molecular complexity index is 889. The zero-order chi connectivity index (χ0) is 22.4. The summed E-state index contributed by atoms with van der Waals surface area (Å²) in [6.07, 6.45) is -4.99. The number of carbonyl (C=O) groups excluding carboxylic acids is 2. The third-order valence-corrected chi connectivity index (χ3v) is 5.73. The number of nitrogens with zero attached hydrogens (tertiary/aromatic N) is 2. The zero-order valence-corrected chi connectivity index (χ0v) is 17.7. The van der Waals surface area contributed by atoms with Gasteiger partial charge in [0.1, 0.15) is 0 Å². The highest BCUT2D eigenvalue weighted by atomic mass is 32.1. The quantitative estimate of drug-likeness (QED) is 0.641. The molecule has 1 aliphatic rings. The summed E-state index contributed by atoms with van der Waals surface area (Å²) in [5.41, 5.74) is -0.945. The second-order valence-corrected chi connectivity index (χ2v) is 7.99. The summed E-state index contributed by atoms with van der Waals surface area (Å²) in [5.74, 6) is -0.649. The van der Waals surface area contributed by atoms with E-state index in [9.17, 15) is 22.8 Å². The Morgan fingerprint density at radius 1 is 1.29 bits per heavy atom. The van der Waals surface area contributed by atoms with Crippen LogP contribution in [0, 0.1) is 0 Å². The van der Waals surface area contributed by atoms with E-state index in [2.05, 4.69) is 0 Å². The lowest BCUT2D eigenvalue weighted by atomic mass is 10.1. The lowest BCUT2D eigenvalue weighted by Gasteiger charge is -2.35. The molecule has 1 aromatic carbocycles. The SMILES string of the molecule is COCCN(C[C@H]1CN(C(=O)c2cccs2)CCO1)C(=O)c1cccc(C(F)(F)F)c1. The van der Waals surface area contributed by atoms with Crippen LogP contribution in [0.3, 0.4) is 0 Å². The molecular formula is C21H23F3N2O4S. The van der Waals surface area contributed by atoms with Gasteiger partial charge in [0.15, 0.2) is 0 Å². The highest BCUT2D eigenvalue weighted by Gasteiger charge is 2.32. The van der Waals surface area contributed by atoms with Crippen LogP contribution in [0.5, 0.6) is 0 Å². The van der Waals surface area contributed by atoms with Crippen molar-refractivity contribution in [1.29, 1.82) is 0 Å². The van der Waals surface area contributed by atoms with Gasteiger partial charge in [-0.05, 0) is 29.6 Å². The molecule has 2 heterocycles. The average Bonchev–Trinajstić information content (AvgIpc) is 3.30. The van der Waals surface area contributed by atoms with Crippen LogP contribution in [-0.4, -0.2) is 74.2 Å². The summed E-state index contributed by atoms with van der Waals surface area (Å²) in [5, 5.41) is 1.82. The number of benzene rings is 1. The number of hydrogen-bond acceptors (Lipinski definition) is 5. The minimum atomic E-state index is -4.54. The van der Waals surface area contributed by atoms with Crippen LogP contribution in [0.1, 0.15) is 25.6 Å². The maximum absolute atomic E-state index is 13.0. The summed E-state index contributed by atoms with van der Waals surface area (Å²) < 4.78 is 49.9. The van der Waals surface area contributed by atoms with E-state index in [1.165, 1.54) is 35.5 Å². The maximum Gasteiger partial charge on any atom is 0.416 e. The van der Waals surface area contributed by atoms with Crippen molar-refractivity contribution in [2.75, 3.05) is 46.5 Å². The number of amides is 2. The molecule has 6 nitrogen and oxygen atoms in total. The maximum atomic E-state index is 13.0. The number of hydrogen-bond donors (Lipinski definition) is 0. The van der Waals surface area contributed by atoms with E-state index in [-0.39, 0.29) is 37.7 Å². The lowest BCUT2D eigenvalue weighted by molar-refractivity contribution is -0.137. The molecule has 3 rings (SSSR count). The second kappa shape index (κ2) is 10.3. The number of ether oxygens (including phenoxy) is 2. The summed E-state index contributed by atoms with van der Waals surface area (Å²) in [6.45, 7) is 1.58.